The first-order valence-electron chi connectivity index (χ1n) is 8.02. The highest BCUT2D eigenvalue weighted by molar-refractivity contribution is 5.22. The summed E-state index contributed by atoms with van der Waals surface area (Å²) in [4.78, 5) is 3.49. The van der Waals surface area contributed by atoms with Gasteiger partial charge in [0.25, 0.3) is 0 Å². The summed E-state index contributed by atoms with van der Waals surface area (Å²) in [6.07, 6.45) is 17.9. The fraction of sp³-hybridized carbons (Fsp3) is 0.765. The molecule has 1 aliphatic carbocycles. The predicted octanol–water partition coefficient (Wildman–Crippen LogP) is 5.71. The molecule has 0 atom stereocenters. The van der Waals surface area contributed by atoms with Crippen molar-refractivity contribution >= 4 is 0 Å². The molecule has 0 spiro atoms. The second kappa shape index (κ2) is 7.66. The number of aryl methyl sites for hydroxylation is 1. The van der Waals surface area contributed by atoms with Crippen LogP contribution in [0.3, 0.4) is 0 Å². The Balaban J connectivity index is 1.91. The van der Waals surface area contributed by atoms with Crippen LogP contribution in [-0.4, -0.2) is 4.98 Å². The average molecular weight is 247 g/mol. The number of aromatic nitrogens is 1. The second-order valence-electron chi connectivity index (χ2n) is 6.03. The third-order valence-corrected chi connectivity index (χ3v) is 4.51. The van der Waals surface area contributed by atoms with Gasteiger partial charge in [-0.2, -0.15) is 0 Å². The van der Waals surface area contributed by atoms with Crippen molar-refractivity contribution in [2.75, 3.05) is 0 Å². The fourth-order valence-corrected chi connectivity index (χ4v) is 3.35. The molecular weight excluding hydrogens is 218 g/mol. The SMILES string of the molecule is Cc1cc[nH]c1C1CCCCCCCCCCC1. The fourth-order valence-electron chi connectivity index (χ4n) is 3.35. The lowest BCUT2D eigenvalue weighted by atomic mass is 9.89. The van der Waals surface area contributed by atoms with E-state index in [0.717, 1.165) is 5.92 Å². The Labute approximate surface area is 112 Å². The summed E-state index contributed by atoms with van der Waals surface area (Å²) in [5, 5.41) is 0. The molecule has 0 radical (unpaired) electrons. The predicted molar refractivity (Wildman–Crippen MR) is 79.1 cm³/mol. The molecule has 1 aliphatic rings. The Morgan fingerprint density at radius 1 is 0.833 bits per heavy atom. The molecule has 102 valence electrons. The third-order valence-electron chi connectivity index (χ3n) is 4.51. The van der Waals surface area contributed by atoms with Crippen molar-refractivity contribution in [3.05, 3.63) is 23.5 Å². The van der Waals surface area contributed by atoms with E-state index in [9.17, 15) is 0 Å². The zero-order valence-corrected chi connectivity index (χ0v) is 12.0. The monoisotopic (exact) mass is 247 g/mol. The maximum absolute atomic E-state index is 3.49. The Morgan fingerprint density at radius 2 is 1.33 bits per heavy atom. The first kappa shape index (κ1) is 13.7. The Kier molecular flexibility index (Phi) is 5.83. The van der Waals surface area contributed by atoms with E-state index in [0.29, 0.717) is 0 Å². The maximum Gasteiger partial charge on any atom is 0.0208 e. The van der Waals surface area contributed by atoms with E-state index in [1.165, 1.54) is 81.9 Å². The highest BCUT2D eigenvalue weighted by atomic mass is 14.7. The van der Waals surface area contributed by atoms with Crippen molar-refractivity contribution in [2.24, 2.45) is 0 Å². The van der Waals surface area contributed by atoms with E-state index in [2.05, 4.69) is 24.2 Å². The van der Waals surface area contributed by atoms with Gasteiger partial charge in [0.1, 0.15) is 0 Å². The van der Waals surface area contributed by atoms with E-state index in [-0.39, 0.29) is 0 Å². The molecule has 18 heavy (non-hydrogen) atoms. The van der Waals surface area contributed by atoms with E-state index in [4.69, 9.17) is 0 Å². The molecule has 1 heteroatoms. The lowest BCUT2D eigenvalue weighted by Gasteiger charge is -2.18. The summed E-state index contributed by atoms with van der Waals surface area (Å²) in [5.74, 6) is 0.791. The topological polar surface area (TPSA) is 15.8 Å². The number of rotatable bonds is 1. The number of H-pyrrole nitrogens is 1. The normalized spacial score (nSPS) is 21.2. The van der Waals surface area contributed by atoms with Crippen LogP contribution in [0.25, 0.3) is 0 Å². The van der Waals surface area contributed by atoms with Gasteiger partial charge in [0, 0.05) is 11.9 Å². The van der Waals surface area contributed by atoms with Gasteiger partial charge in [0.05, 0.1) is 0 Å². The van der Waals surface area contributed by atoms with Crippen LogP contribution in [0.15, 0.2) is 12.3 Å². The van der Waals surface area contributed by atoms with Gasteiger partial charge in [-0.3, -0.25) is 0 Å². The molecule has 1 fully saturated rings. The zero-order valence-electron chi connectivity index (χ0n) is 12.0. The lowest BCUT2D eigenvalue weighted by molar-refractivity contribution is 0.462. The van der Waals surface area contributed by atoms with Gasteiger partial charge < -0.3 is 4.98 Å². The van der Waals surface area contributed by atoms with Gasteiger partial charge in [0.15, 0.2) is 0 Å². The van der Waals surface area contributed by atoms with Gasteiger partial charge >= 0.3 is 0 Å². The summed E-state index contributed by atoms with van der Waals surface area (Å²) >= 11 is 0. The van der Waals surface area contributed by atoms with Crippen LogP contribution in [-0.2, 0) is 0 Å². The average Bonchev–Trinajstić information content (AvgIpc) is 2.76. The smallest absolute Gasteiger partial charge is 0.0208 e. The number of nitrogens with one attached hydrogen (secondary N) is 1. The Hall–Kier alpha value is -0.720. The number of hydrogen-bond acceptors (Lipinski definition) is 0. The second-order valence-corrected chi connectivity index (χ2v) is 6.03. The van der Waals surface area contributed by atoms with Gasteiger partial charge in [-0.25, -0.2) is 0 Å². The highest BCUT2D eigenvalue weighted by Crippen LogP contribution is 2.30. The summed E-state index contributed by atoms with van der Waals surface area (Å²) in [6, 6.07) is 2.23. The zero-order chi connectivity index (χ0) is 12.6. The quantitative estimate of drug-likeness (QED) is 0.654. The number of aromatic amines is 1. The van der Waals surface area contributed by atoms with Crippen LogP contribution < -0.4 is 0 Å². The molecule has 0 aliphatic heterocycles. The van der Waals surface area contributed by atoms with Crippen LogP contribution in [0.2, 0.25) is 0 Å². The van der Waals surface area contributed by atoms with E-state index >= 15 is 0 Å². The van der Waals surface area contributed by atoms with E-state index in [1.807, 2.05) is 0 Å². The summed E-state index contributed by atoms with van der Waals surface area (Å²) in [5.41, 5.74) is 2.99. The summed E-state index contributed by atoms with van der Waals surface area (Å²) in [7, 11) is 0. The van der Waals surface area contributed by atoms with Gasteiger partial charge in [-0.15, -0.1) is 0 Å². The molecular formula is C17H29N. The maximum atomic E-state index is 3.49. The number of hydrogen-bond donors (Lipinski definition) is 1. The lowest BCUT2D eigenvalue weighted by Crippen LogP contribution is -2.02. The molecule has 1 N–H and O–H groups in total. The molecule has 0 amide bonds. The minimum atomic E-state index is 0.791. The van der Waals surface area contributed by atoms with Crippen LogP contribution in [0.1, 0.15) is 87.8 Å². The minimum Gasteiger partial charge on any atom is -0.365 e. The summed E-state index contributed by atoms with van der Waals surface area (Å²) in [6.45, 7) is 2.25. The van der Waals surface area contributed by atoms with E-state index < -0.39 is 0 Å². The molecule has 1 heterocycles. The third kappa shape index (κ3) is 4.19. The standard InChI is InChI=1S/C17H29N/c1-15-13-14-18-17(15)16-11-9-7-5-3-2-4-6-8-10-12-16/h13-14,16,18H,2-12H2,1H3. The van der Waals surface area contributed by atoms with Crippen molar-refractivity contribution in [3.63, 3.8) is 0 Å². The molecule has 0 saturated heterocycles. The Bertz CT molecular complexity index is 314. The minimum absolute atomic E-state index is 0.791. The molecule has 1 aromatic heterocycles. The molecule has 0 bridgehead atoms. The highest BCUT2D eigenvalue weighted by Gasteiger charge is 2.14. The van der Waals surface area contributed by atoms with Gasteiger partial charge in [-0.05, 0) is 37.3 Å². The van der Waals surface area contributed by atoms with Crippen molar-refractivity contribution in [1.29, 1.82) is 0 Å². The molecule has 0 unspecified atom stereocenters. The van der Waals surface area contributed by atoms with Crippen molar-refractivity contribution < 1.29 is 0 Å². The van der Waals surface area contributed by atoms with Crippen LogP contribution in [0.4, 0.5) is 0 Å². The van der Waals surface area contributed by atoms with E-state index in [1.54, 1.807) is 0 Å². The Morgan fingerprint density at radius 3 is 1.78 bits per heavy atom. The molecule has 0 aromatic carbocycles. The molecule has 2 rings (SSSR count). The van der Waals surface area contributed by atoms with Crippen molar-refractivity contribution in [2.45, 2.75) is 83.5 Å². The first-order chi connectivity index (χ1) is 8.88. The first-order valence-corrected chi connectivity index (χ1v) is 8.02. The molecule has 1 saturated carbocycles. The van der Waals surface area contributed by atoms with Crippen LogP contribution >= 0.6 is 0 Å². The van der Waals surface area contributed by atoms with Crippen LogP contribution in [0.5, 0.6) is 0 Å². The summed E-state index contributed by atoms with van der Waals surface area (Å²) < 4.78 is 0. The van der Waals surface area contributed by atoms with Crippen molar-refractivity contribution in [1.82, 2.24) is 4.98 Å². The van der Waals surface area contributed by atoms with Gasteiger partial charge in [-0.1, -0.05) is 57.8 Å². The molecule has 1 nitrogen and oxygen atoms in total. The largest absolute Gasteiger partial charge is 0.365 e. The van der Waals surface area contributed by atoms with Crippen molar-refractivity contribution in [3.8, 4) is 0 Å². The molecule has 1 aromatic rings. The van der Waals surface area contributed by atoms with Gasteiger partial charge in [0.2, 0.25) is 0 Å². The van der Waals surface area contributed by atoms with Crippen LogP contribution in [0, 0.1) is 6.92 Å².